The van der Waals surface area contributed by atoms with Gasteiger partial charge in [0.15, 0.2) is 5.82 Å². The highest BCUT2D eigenvalue weighted by Gasteiger charge is 2.39. The average molecular weight is 291 g/mol. The number of rotatable bonds is 5. The lowest BCUT2D eigenvalue weighted by Gasteiger charge is -2.38. The number of nitrogens with zero attached hydrogens (tertiary/aromatic N) is 2. The highest BCUT2D eigenvalue weighted by molar-refractivity contribution is 5.26. The van der Waals surface area contributed by atoms with E-state index < -0.39 is 0 Å². The highest BCUT2D eigenvalue weighted by atomic mass is 16.5. The number of aryl methyl sites for hydroxylation is 2. The molecule has 4 heteroatoms. The van der Waals surface area contributed by atoms with Gasteiger partial charge in [0, 0.05) is 30.6 Å². The first kappa shape index (κ1) is 16.4. The molecule has 1 aromatic heterocycles. The van der Waals surface area contributed by atoms with Crippen molar-refractivity contribution in [2.45, 2.75) is 65.5 Å². The van der Waals surface area contributed by atoms with Gasteiger partial charge >= 0.3 is 0 Å². The van der Waals surface area contributed by atoms with E-state index in [1.807, 2.05) is 0 Å². The molecular formula is C17H29N3O. The van der Waals surface area contributed by atoms with E-state index in [-0.39, 0.29) is 5.60 Å². The van der Waals surface area contributed by atoms with Crippen LogP contribution in [-0.2, 0) is 16.9 Å². The van der Waals surface area contributed by atoms with Crippen LogP contribution in [0.4, 0.5) is 0 Å². The van der Waals surface area contributed by atoms with E-state index in [0.717, 1.165) is 43.1 Å². The molecular weight excluding hydrogens is 262 g/mol. The maximum absolute atomic E-state index is 5.93. The largest absolute Gasteiger partial charge is 0.370 e. The quantitative estimate of drug-likeness (QED) is 0.904. The molecule has 1 N–H and O–H groups in total. The predicted octanol–water partition coefficient (Wildman–Crippen LogP) is 3.25. The third-order valence-corrected chi connectivity index (χ3v) is 4.73. The fraction of sp³-hybridized carbons (Fsp3) is 0.765. The third kappa shape index (κ3) is 3.43. The summed E-state index contributed by atoms with van der Waals surface area (Å²) in [5, 5.41) is 3.36. The number of hydrogen-bond donors (Lipinski definition) is 1. The lowest BCUT2D eigenvalue weighted by Crippen LogP contribution is -2.36. The van der Waals surface area contributed by atoms with Crippen LogP contribution in [0.15, 0.2) is 0 Å². The second kappa shape index (κ2) is 6.84. The zero-order valence-corrected chi connectivity index (χ0v) is 14.1. The minimum atomic E-state index is -0.288. The molecule has 1 aliphatic rings. The Hall–Kier alpha value is -1.00. The van der Waals surface area contributed by atoms with E-state index in [2.05, 4.69) is 33.0 Å². The monoisotopic (exact) mass is 291 g/mol. The van der Waals surface area contributed by atoms with Crippen LogP contribution in [0.2, 0.25) is 0 Å². The van der Waals surface area contributed by atoms with Crippen LogP contribution in [0.5, 0.6) is 0 Å². The van der Waals surface area contributed by atoms with Crippen molar-refractivity contribution < 1.29 is 4.74 Å². The van der Waals surface area contributed by atoms with Crippen LogP contribution in [0.3, 0.4) is 0 Å². The van der Waals surface area contributed by atoms with Crippen LogP contribution in [0, 0.1) is 19.8 Å². The van der Waals surface area contributed by atoms with Crippen LogP contribution in [0.25, 0.3) is 0 Å². The molecule has 118 valence electrons. The van der Waals surface area contributed by atoms with Crippen LogP contribution in [0.1, 0.15) is 62.3 Å². The molecule has 2 atom stereocenters. The Morgan fingerprint density at radius 1 is 1.29 bits per heavy atom. The van der Waals surface area contributed by atoms with Gasteiger partial charge in [-0.25, -0.2) is 9.97 Å². The first-order chi connectivity index (χ1) is 10.0. The Kier molecular flexibility index (Phi) is 5.33. The molecule has 1 fully saturated rings. The normalized spacial score (nSPS) is 26.0. The molecule has 0 spiro atoms. The Morgan fingerprint density at radius 3 is 2.48 bits per heavy atom. The van der Waals surface area contributed by atoms with E-state index in [0.29, 0.717) is 5.92 Å². The van der Waals surface area contributed by atoms with Gasteiger partial charge in [0.1, 0.15) is 5.60 Å². The van der Waals surface area contributed by atoms with Crippen LogP contribution >= 0.6 is 0 Å². The van der Waals surface area contributed by atoms with Crippen molar-refractivity contribution in [2.24, 2.45) is 5.92 Å². The minimum absolute atomic E-state index is 0.288. The van der Waals surface area contributed by atoms with E-state index in [1.165, 1.54) is 18.4 Å². The number of aromatic nitrogens is 2. The summed E-state index contributed by atoms with van der Waals surface area (Å²) in [5.41, 5.74) is 3.08. The fourth-order valence-electron chi connectivity index (χ4n) is 3.43. The molecule has 0 aliphatic heterocycles. The fourth-order valence-corrected chi connectivity index (χ4v) is 3.43. The number of nitrogens with one attached hydrogen (secondary N) is 1. The maximum Gasteiger partial charge on any atom is 0.160 e. The summed E-state index contributed by atoms with van der Waals surface area (Å²) < 4.78 is 5.93. The SMILES string of the molecule is CCNCc1c(C)nc(C2(OC)CCCC(C)C2)nc1C. The molecule has 0 amide bonds. The smallest absolute Gasteiger partial charge is 0.160 e. The van der Waals surface area contributed by atoms with Gasteiger partial charge in [-0.3, -0.25) is 0 Å². The van der Waals surface area contributed by atoms with Gasteiger partial charge in [-0.1, -0.05) is 20.3 Å². The van der Waals surface area contributed by atoms with Gasteiger partial charge in [-0.05, 0) is 45.6 Å². The number of methoxy groups -OCH3 is 1. The van der Waals surface area contributed by atoms with Crippen molar-refractivity contribution in [3.05, 3.63) is 22.8 Å². The summed E-state index contributed by atoms with van der Waals surface area (Å²) in [6.45, 7) is 10.4. The summed E-state index contributed by atoms with van der Waals surface area (Å²) in [6, 6.07) is 0. The Bertz CT molecular complexity index is 466. The van der Waals surface area contributed by atoms with Crippen molar-refractivity contribution >= 4 is 0 Å². The molecule has 1 saturated carbocycles. The van der Waals surface area contributed by atoms with Gasteiger partial charge in [-0.2, -0.15) is 0 Å². The third-order valence-electron chi connectivity index (χ3n) is 4.73. The van der Waals surface area contributed by atoms with Crippen molar-refractivity contribution in [2.75, 3.05) is 13.7 Å². The van der Waals surface area contributed by atoms with E-state index >= 15 is 0 Å². The molecule has 1 aromatic rings. The Balaban J connectivity index is 2.34. The Morgan fingerprint density at radius 2 is 1.95 bits per heavy atom. The lowest BCUT2D eigenvalue weighted by molar-refractivity contribution is -0.0648. The first-order valence-corrected chi connectivity index (χ1v) is 8.13. The second-order valence-corrected chi connectivity index (χ2v) is 6.38. The summed E-state index contributed by atoms with van der Waals surface area (Å²) in [6.07, 6.45) is 4.52. The molecule has 0 aromatic carbocycles. The van der Waals surface area contributed by atoms with Crippen molar-refractivity contribution in [3.8, 4) is 0 Å². The molecule has 0 radical (unpaired) electrons. The first-order valence-electron chi connectivity index (χ1n) is 8.13. The summed E-state index contributed by atoms with van der Waals surface area (Å²) >= 11 is 0. The zero-order valence-electron chi connectivity index (χ0n) is 14.1. The van der Waals surface area contributed by atoms with Gasteiger partial charge in [0.25, 0.3) is 0 Å². The number of ether oxygens (including phenoxy) is 1. The molecule has 4 nitrogen and oxygen atoms in total. The van der Waals surface area contributed by atoms with Crippen molar-refractivity contribution in [1.82, 2.24) is 15.3 Å². The molecule has 1 heterocycles. The van der Waals surface area contributed by atoms with Crippen molar-refractivity contribution in [1.29, 1.82) is 0 Å². The van der Waals surface area contributed by atoms with Gasteiger partial charge in [-0.15, -0.1) is 0 Å². The van der Waals surface area contributed by atoms with E-state index in [9.17, 15) is 0 Å². The van der Waals surface area contributed by atoms with Crippen LogP contribution < -0.4 is 5.32 Å². The summed E-state index contributed by atoms with van der Waals surface area (Å²) in [5.74, 6) is 1.55. The van der Waals surface area contributed by atoms with Crippen LogP contribution in [-0.4, -0.2) is 23.6 Å². The maximum atomic E-state index is 5.93. The molecule has 21 heavy (non-hydrogen) atoms. The zero-order chi connectivity index (χ0) is 15.5. The predicted molar refractivity (Wildman–Crippen MR) is 85.2 cm³/mol. The average Bonchev–Trinajstić information content (AvgIpc) is 2.46. The highest BCUT2D eigenvalue weighted by Crippen LogP contribution is 2.41. The molecule has 2 unspecified atom stereocenters. The minimum Gasteiger partial charge on any atom is -0.370 e. The molecule has 0 saturated heterocycles. The molecule has 2 rings (SSSR count). The summed E-state index contributed by atoms with van der Waals surface area (Å²) in [7, 11) is 1.80. The molecule has 0 bridgehead atoms. The second-order valence-electron chi connectivity index (χ2n) is 6.38. The van der Waals surface area contributed by atoms with Crippen molar-refractivity contribution in [3.63, 3.8) is 0 Å². The number of hydrogen-bond acceptors (Lipinski definition) is 4. The Labute approximate surface area is 128 Å². The lowest BCUT2D eigenvalue weighted by atomic mass is 9.78. The van der Waals surface area contributed by atoms with Gasteiger partial charge in [0.2, 0.25) is 0 Å². The van der Waals surface area contributed by atoms with E-state index in [4.69, 9.17) is 14.7 Å². The van der Waals surface area contributed by atoms with Gasteiger partial charge < -0.3 is 10.1 Å². The molecule has 1 aliphatic carbocycles. The standard InChI is InChI=1S/C17H29N3O/c1-6-18-11-15-13(3)19-16(20-14(15)4)17(21-5)9-7-8-12(2)10-17/h12,18H,6-11H2,1-5H3. The van der Waals surface area contributed by atoms with E-state index in [1.54, 1.807) is 7.11 Å². The topological polar surface area (TPSA) is 47.0 Å². The van der Waals surface area contributed by atoms with Gasteiger partial charge in [0.05, 0.1) is 0 Å². The summed E-state index contributed by atoms with van der Waals surface area (Å²) in [4.78, 5) is 9.62.